The van der Waals surface area contributed by atoms with Crippen LogP contribution >= 0.6 is 0 Å². The van der Waals surface area contributed by atoms with Crippen LogP contribution in [0.3, 0.4) is 0 Å². The Hall–Kier alpha value is -2.56. The van der Waals surface area contributed by atoms with Crippen molar-refractivity contribution in [3.8, 4) is 0 Å². The van der Waals surface area contributed by atoms with Crippen molar-refractivity contribution >= 4 is 17.2 Å². The fraction of sp³-hybridized carbons (Fsp3) is 0.0769. The highest BCUT2D eigenvalue weighted by atomic mass is 15.2. The van der Waals surface area contributed by atoms with Crippen LogP contribution in [0.25, 0.3) is 5.65 Å². The van der Waals surface area contributed by atoms with Gasteiger partial charge in [0, 0.05) is 24.5 Å². The SMILES string of the molecule is Nc1ccccc1CNc1ccn2nccc2n1. The number of hydrogen-bond acceptors (Lipinski definition) is 4. The maximum atomic E-state index is 5.88. The quantitative estimate of drug-likeness (QED) is 0.685. The first-order valence-corrected chi connectivity index (χ1v) is 5.70. The average Bonchev–Trinajstić information content (AvgIpc) is 2.85. The summed E-state index contributed by atoms with van der Waals surface area (Å²) < 4.78 is 1.72. The molecule has 0 unspecified atom stereocenters. The number of nitrogen functional groups attached to an aromatic ring is 1. The van der Waals surface area contributed by atoms with E-state index >= 15 is 0 Å². The van der Waals surface area contributed by atoms with E-state index in [2.05, 4.69) is 15.4 Å². The number of fused-ring (bicyclic) bond motifs is 1. The van der Waals surface area contributed by atoms with Crippen LogP contribution in [0.15, 0.2) is 48.8 Å². The van der Waals surface area contributed by atoms with Gasteiger partial charge in [0.2, 0.25) is 0 Å². The summed E-state index contributed by atoms with van der Waals surface area (Å²) in [6, 6.07) is 11.5. The highest BCUT2D eigenvalue weighted by Gasteiger charge is 2.00. The lowest BCUT2D eigenvalue weighted by molar-refractivity contribution is 0.936. The Morgan fingerprint density at radius 3 is 2.94 bits per heavy atom. The van der Waals surface area contributed by atoms with Crippen LogP contribution in [0, 0.1) is 0 Å². The van der Waals surface area contributed by atoms with Crippen molar-refractivity contribution in [1.82, 2.24) is 14.6 Å². The summed E-state index contributed by atoms with van der Waals surface area (Å²) in [6.45, 7) is 0.657. The molecule has 90 valence electrons. The predicted octanol–water partition coefficient (Wildman–Crippen LogP) is 1.92. The molecule has 0 amide bonds. The van der Waals surface area contributed by atoms with Crippen molar-refractivity contribution in [2.24, 2.45) is 0 Å². The molecule has 3 rings (SSSR count). The van der Waals surface area contributed by atoms with Gasteiger partial charge in [-0.05, 0) is 17.7 Å². The Kier molecular flexibility index (Phi) is 2.57. The van der Waals surface area contributed by atoms with Crippen molar-refractivity contribution in [2.45, 2.75) is 6.54 Å². The molecule has 0 aliphatic carbocycles. The van der Waals surface area contributed by atoms with E-state index in [1.165, 1.54) is 0 Å². The van der Waals surface area contributed by atoms with E-state index in [9.17, 15) is 0 Å². The standard InChI is InChI=1S/C13H13N5/c14-11-4-2-1-3-10(11)9-15-12-6-8-18-13(17-12)5-7-16-18/h1-8H,9,14H2,(H,15,17). The minimum absolute atomic E-state index is 0.657. The average molecular weight is 239 g/mol. The fourth-order valence-electron chi connectivity index (χ4n) is 1.79. The molecule has 0 atom stereocenters. The Morgan fingerprint density at radius 1 is 1.17 bits per heavy atom. The number of nitrogens with two attached hydrogens (primary N) is 1. The first-order chi connectivity index (χ1) is 8.83. The Balaban J connectivity index is 1.78. The molecule has 18 heavy (non-hydrogen) atoms. The molecule has 3 aromatic rings. The van der Waals surface area contributed by atoms with Crippen molar-refractivity contribution in [3.05, 3.63) is 54.4 Å². The molecule has 0 spiro atoms. The molecular formula is C13H13N5. The summed E-state index contributed by atoms with van der Waals surface area (Å²) in [5.41, 5.74) is 8.55. The highest BCUT2D eigenvalue weighted by molar-refractivity contribution is 5.50. The molecule has 2 heterocycles. The number of aromatic nitrogens is 3. The largest absolute Gasteiger partial charge is 0.398 e. The van der Waals surface area contributed by atoms with Gasteiger partial charge in [-0.2, -0.15) is 5.10 Å². The monoisotopic (exact) mass is 239 g/mol. The molecule has 3 N–H and O–H groups in total. The van der Waals surface area contributed by atoms with Crippen LogP contribution in [-0.2, 0) is 6.54 Å². The Labute approximate surface area is 104 Å². The summed E-state index contributed by atoms with van der Waals surface area (Å²) in [5, 5.41) is 7.35. The van der Waals surface area contributed by atoms with Crippen LogP contribution < -0.4 is 11.1 Å². The van der Waals surface area contributed by atoms with E-state index in [4.69, 9.17) is 5.73 Å². The molecule has 0 fully saturated rings. The second kappa shape index (κ2) is 4.37. The van der Waals surface area contributed by atoms with Crippen LogP contribution in [-0.4, -0.2) is 14.6 Å². The number of nitrogens with zero attached hydrogens (tertiary/aromatic N) is 3. The lowest BCUT2D eigenvalue weighted by Crippen LogP contribution is -2.04. The third-order valence-corrected chi connectivity index (χ3v) is 2.77. The fourth-order valence-corrected chi connectivity index (χ4v) is 1.79. The van der Waals surface area contributed by atoms with Gasteiger partial charge >= 0.3 is 0 Å². The molecule has 0 bridgehead atoms. The van der Waals surface area contributed by atoms with E-state index in [1.807, 2.05) is 42.6 Å². The molecule has 0 aliphatic heterocycles. The molecule has 1 aromatic carbocycles. The summed E-state index contributed by atoms with van der Waals surface area (Å²) >= 11 is 0. The van der Waals surface area contributed by atoms with Gasteiger partial charge in [0.05, 0.1) is 6.20 Å². The third kappa shape index (κ3) is 1.98. The van der Waals surface area contributed by atoms with Gasteiger partial charge < -0.3 is 11.1 Å². The van der Waals surface area contributed by atoms with E-state index in [1.54, 1.807) is 10.7 Å². The smallest absolute Gasteiger partial charge is 0.157 e. The topological polar surface area (TPSA) is 68.2 Å². The number of rotatable bonds is 3. The predicted molar refractivity (Wildman–Crippen MR) is 71.2 cm³/mol. The maximum absolute atomic E-state index is 5.88. The van der Waals surface area contributed by atoms with Crippen LogP contribution in [0.2, 0.25) is 0 Å². The van der Waals surface area contributed by atoms with Crippen LogP contribution in [0.5, 0.6) is 0 Å². The third-order valence-electron chi connectivity index (χ3n) is 2.77. The van der Waals surface area contributed by atoms with Crippen molar-refractivity contribution in [1.29, 1.82) is 0 Å². The second-order valence-corrected chi connectivity index (χ2v) is 4.00. The van der Waals surface area contributed by atoms with E-state index < -0.39 is 0 Å². The van der Waals surface area contributed by atoms with E-state index in [0.717, 1.165) is 22.7 Å². The zero-order valence-corrected chi connectivity index (χ0v) is 9.74. The molecule has 0 aliphatic rings. The number of para-hydroxylation sites is 1. The normalized spacial score (nSPS) is 10.7. The molecular weight excluding hydrogens is 226 g/mol. The molecule has 5 heteroatoms. The minimum atomic E-state index is 0.657. The van der Waals surface area contributed by atoms with Crippen molar-refractivity contribution < 1.29 is 0 Å². The van der Waals surface area contributed by atoms with Gasteiger partial charge in [-0.1, -0.05) is 18.2 Å². The Morgan fingerprint density at radius 2 is 2.06 bits per heavy atom. The first kappa shape index (κ1) is 10.6. The van der Waals surface area contributed by atoms with Crippen LogP contribution in [0.1, 0.15) is 5.56 Å². The summed E-state index contributed by atoms with van der Waals surface area (Å²) in [5.74, 6) is 0.811. The van der Waals surface area contributed by atoms with Gasteiger partial charge in [-0.3, -0.25) is 0 Å². The van der Waals surface area contributed by atoms with Crippen molar-refractivity contribution in [3.63, 3.8) is 0 Å². The van der Waals surface area contributed by atoms with Gasteiger partial charge in [-0.15, -0.1) is 0 Å². The van der Waals surface area contributed by atoms with Crippen LogP contribution in [0.4, 0.5) is 11.5 Å². The highest BCUT2D eigenvalue weighted by Crippen LogP contribution is 2.13. The zero-order valence-electron chi connectivity index (χ0n) is 9.74. The summed E-state index contributed by atoms with van der Waals surface area (Å²) in [7, 11) is 0. The van der Waals surface area contributed by atoms with Gasteiger partial charge in [-0.25, -0.2) is 9.50 Å². The molecule has 2 aromatic heterocycles. The first-order valence-electron chi connectivity index (χ1n) is 5.70. The molecule has 5 nitrogen and oxygen atoms in total. The van der Waals surface area contributed by atoms with E-state index in [0.29, 0.717) is 6.54 Å². The van der Waals surface area contributed by atoms with Gasteiger partial charge in [0.15, 0.2) is 5.65 Å². The molecule has 0 saturated heterocycles. The van der Waals surface area contributed by atoms with E-state index in [-0.39, 0.29) is 0 Å². The second-order valence-electron chi connectivity index (χ2n) is 4.00. The number of nitrogens with one attached hydrogen (secondary N) is 1. The summed E-state index contributed by atoms with van der Waals surface area (Å²) in [4.78, 5) is 4.43. The van der Waals surface area contributed by atoms with Crippen molar-refractivity contribution in [2.75, 3.05) is 11.1 Å². The number of benzene rings is 1. The minimum Gasteiger partial charge on any atom is -0.398 e. The van der Waals surface area contributed by atoms with Gasteiger partial charge in [0.25, 0.3) is 0 Å². The Bertz CT molecular complexity index is 674. The lowest BCUT2D eigenvalue weighted by Gasteiger charge is -2.08. The maximum Gasteiger partial charge on any atom is 0.157 e. The molecule has 0 saturated carbocycles. The number of anilines is 2. The molecule has 0 radical (unpaired) electrons. The zero-order chi connectivity index (χ0) is 12.4. The lowest BCUT2D eigenvalue weighted by atomic mass is 10.2. The summed E-state index contributed by atoms with van der Waals surface area (Å²) in [6.07, 6.45) is 3.60. The van der Waals surface area contributed by atoms with Gasteiger partial charge in [0.1, 0.15) is 5.82 Å². The number of hydrogen-bond donors (Lipinski definition) is 2.